The number of hydrogen-bond acceptors (Lipinski definition) is 4. The molecular weight excluding hydrogens is 247 g/mol. The second-order valence-electron chi connectivity index (χ2n) is 3.22. The molecule has 0 atom stereocenters. The van der Waals surface area contributed by atoms with E-state index >= 15 is 0 Å². The highest BCUT2D eigenvalue weighted by atomic mass is 35.5. The van der Waals surface area contributed by atoms with Gasteiger partial charge in [-0.1, -0.05) is 23.2 Å². The van der Waals surface area contributed by atoms with Gasteiger partial charge in [0.15, 0.2) is 0 Å². The first-order chi connectivity index (χ1) is 7.75. The van der Waals surface area contributed by atoms with E-state index in [9.17, 15) is 0 Å². The summed E-state index contributed by atoms with van der Waals surface area (Å²) in [5.74, 6) is 0. The molecule has 0 amide bonds. The van der Waals surface area contributed by atoms with Crippen LogP contribution in [0.15, 0.2) is 24.8 Å². The van der Waals surface area contributed by atoms with Gasteiger partial charge in [0.2, 0.25) is 0 Å². The summed E-state index contributed by atoms with van der Waals surface area (Å²) in [6.45, 7) is 0. The van der Waals surface area contributed by atoms with Crippen molar-refractivity contribution >= 4 is 45.0 Å². The molecule has 16 heavy (non-hydrogen) atoms. The molecule has 0 aliphatic heterocycles. The van der Waals surface area contributed by atoms with Gasteiger partial charge in [-0.2, -0.15) is 0 Å². The minimum absolute atomic E-state index is 0.395. The molecule has 78 valence electrons. The summed E-state index contributed by atoms with van der Waals surface area (Å²) < 4.78 is 0. The smallest absolute Gasteiger partial charge is 0.140 e. The van der Waals surface area contributed by atoms with Crippen molar-refractivity contribution in [1.29, 1.82) is 0 Å². The first-order valence-electron chi connectivity index (χ1n) is 4.46. The molecule has 2 heterocycles. The van der Waals surface area contributed by atoms with Gasteiger partial charge >= 0.3 is 0 Å². The van der Waals surface area contributed by atoms with E-state index in [-0.39, 0.29) is 0 Å². The Balaban J connectivity index is 2.55. The van der Waals surface area contributed by atoms with Crippen molar-refractivity contribution in [1.82, 2.24) is 19.9 Å². The van der Waals surface area contributed by atoms with Crippen molar-refractivity contribution in [3.63, 3.8) is 0 Å². The number of hydrogen-bond donors (Lipinski definition) is 0. The standard InChI is InChI=1S/C10H4Cl2N4/c11-9-5-1-6-8(14-4-16-10(6)12)2-7(5)13-3-15-9/h1-4H. The monoisotopic (exact) mass is 250 g/mol. The lowest BCUT2D eigenvalue weighted by atomic mass is 10.2. The molecular formula is C10H4Cl2N4. The van der Waals surface area contributed by atoms with Crippen molar-refractivity contribution in [3.8, 4) is 0 Å². The van der Waals surface area contributed by atoms with Gasteiger partial charge in [-0.3, -0.25) is 0 Å². The summed E-state index contributed by atoms with van der Waals surface area (Å²) in [7, 11) is 0. The quantitative estimate of drug-likeness (QED) is 0.455. The first kappa shape index (κ1) is 9.69. The second kappa shape index (κ2) is 3.50. The fourth-order valence-electron chi connectivity index (χ4n) is 1.54. The Labute approximate surface area is 100 Å². The number of aromatic nitrogens is 4. The number of rotatable bonds is 0. The molecule has 0 aliphatic rings. The van der Waals surface area contributed by atoms with Crippen molar-refractivity contribution in [2.24, 2.45) is 0 Å². The highest BCUT2D eigenvalue weighted by Crippen LogP contribution is 2.27. The molecule has 2 aromatic heterocycles. The zero-order valence-corrected chi connectivity index (χ0v) is 9.37. The van der Waals surface area contributed by atoms with Crippen molar-refractivity contribution < 1.29 is 0 Å². The molecule has 0 saturated heterocycles. The minimum Gasteiger partial charge on any atom is -0.236 e. The van der Waals surface area contributed by atoms with Crippen LogP contribution in [-0.2, 0) is 0 Å². The van der Waals surface area contributed by atoms with Crippen LogP contribution in [0.3, 0.4) is 0 Å². The summed E-state index contributed by atoms with van der Waals surface area (Å²) in [6, 6.07) is 3.61. The van der Waals surface area contributed by atoms with Crippen LogP contribution in [0.2, 0.25) is 10.3 Å². The van der Waals surface area contributed by atoms with E-state index in [1.165, 1.54) is 12.7 Å². The van der Waals surface area contributed by atoms with Gasteiger partial charge in [0.25, 0.3) is 0 Å². The van der Waals surface area contributed by atoms with Crippen molar-refractivity contribution in [2.75, 3.05) is 0 Å². The van der Waals surface area contributed by atoms with Gasteiger partial charge in [0, 0.05) is 10.8 Å². The fourth-order valence-corrected chi connectivity index (χ4v) is 1.93. The summed E-state index contributed by atoms with van der Waals surface area (Å²) in [5.41, 5.74) is 1.48. The number of benzene rings is 1. The zero-order valence-electron chi connectivity index (χ0n) is 7.85. The maximum absolute atomic E-state index is 5.97. The van der Waals surface area contributed by atoms with Gasteiger partial charge in [-0.15, -0.1) is 0 Å². The van der Waals surface area contributed by atoms with Gasteiger partial charge in [0.1, 0.15) is 23.0 Å². The van der Waals surface area contributed by atoms with E-state index in [0.717, 1.165) is 21.8 Å². The lowest BCUT2D eigenvalue weighted by Crippen LogP contribution is -1.88. The van der Waals surface area contributed by atoms with Gasteiger partial charge < -0.3 is 0 Å². The van der Waals surface area contributed by atoms with E-state index in [1.54, 1.807) is 6.07 Å². The third-order valence-electron chi connectivity index (χ3n) is 2.29. The zero-order chi connectivity index (χ0) is 11.1. The Morgan fingerprint density at radius 3 is 1.69 bits per heavy atom. The Kier molecular flexibility index (Phi) is 2.12. The number of nitrogens with zero attached hydrogens (tertiary/aromatic N) is 4. The maximum Gasteiger partial charge on any atom is 0.140 e. The summed E-state index contributed by atoms with van der Waals surface area (Å²) >= 11 is 11.9. The molecule has 0 bridgehead atoms. The SMILES string of the molecule is Clc1ncnc2cc3ncnc(Cl)c3cc12. The first-order valence-corrected chi connectivity index (χ1v) is 5.22. The van der Waals surface area contributed by atoms with E-state index < -0.39 is 0 Å². The third-order valence-corrected chi connectivity index (χ3v) is 2.90. The molecule has 0 unspecified atom stereocenters. The van der Waals surface area contributed by atoms with Crippen LogP contribution in [0.4, 0.5) is 0 Å². The predicted octanol–water partition coefficient (Wildman–Crippen LogP) is 2.88. The van der Waals surface area contributed by atoms with E-state index in [0.29, 0.717) is 10.3 Å². The molecule has 4 nitrogen and oxygen atoms in total. The van der Waals surface area contributed by atoms with E-state index in [4.69, 9.17) is 23.2 Å². The van der Waals surface area contributed by atoms with Gasteiger partial charge in [-0.25, -0.2) is 19.9 Å². The largest absolute Gasteiger partial charge is 0.236 e. The summed E-state index contributed by atoms with van der Waals surface area (Å²) in [5, 5.41) is 2.28. The average Bonchev–Trinajstić information content (AvgIpc) is 2.28. The molecule has 3 rings (SSSR count). The Hall–Kier alpha value is -1.52. The highest BCUT2D eigenvalue weighted by Gasteiger charge is 2.07. The predicted molar refractivity (Wildman–Crippen MR) is 62.7 cm³/mol. The number of halogens is 2. The average molecular weight is 251 g/mol. The Morgan fingerprint density at radius 2 is 1.19 bits per heavy atom. The molecule has 6 heteroatoms. The lowest BCUT2D eigenvalue weighted by Gasteiger charge is -2.02. The van der Waals surface area contributed by atoms with E-state index in [2.05, 4.69) is 19.9 Å². The van der Waals surface area contributed by atoms with Crippen molar-refractivity contribution in [3.05, 3.63) is 35.1 Å². The van der Waals surface area contributed by atoms with Crippen LogP contribution in [-0.4, -0.2) is 19.9 Å². The van der Waals surface area contributed by atoms with Crippen LogP contribution in [0.25, 0.3) is 21.8 Å². The Bertz CT molecular complexity index is 642. The summed E-state index contributed by atoms with van der Waals surface area (Å²) in [6.07, 6.45) is 2.83. The van der Waals surface area contributed by atoms with Crippen LogP contribution in [0.5, 0.6) is 0 Å². The van der Waals surface area contributed by atoms with Crippen molar-refractivity contribution in [2.45, 2.75) is 0 Å². The normalized spacial score (nSPS) is 11.1. The fraction of sp³-hybridized carbons (Fsp3) is 0. The molecule has 0 saturated carbocycles. The highest BCUT2D eigenvalue weighted by molar-refractivity contribution is 6.36. The molecule has 0 aliphatic carbocycles. The van der Waals surface area contributed by atoms with Crippen LogP contribution < -0.4 is 0 Å². The molecule has 0 fully saturated rings. The third kappa shape index (κ3) is 1.38. The second-order valence-corrected chi connectivity index (χ2v) is 3.93. The topological polar surface area (TPSA) is 51.6 Å². The molecule has 1 aromatic carbocycles. The van der Waals surface area contributed by atoms with Gasteiger partial charge in [-0.05, 0) is 12.1 Å². The lowest BCUT2D eigenvalue weighted by molar-refractivity contribution is 1.21. The minimum atomic E-state index is 0.395. The van der Waals surface area contributed by atoms with Crippen LogP contribution >= 0.6 is 23.2 Å². The van der Waals surface area contributed by atoms with Gasteiger partial charge in [0.05, 0.1) is 11.0 Å². The Morgan fingerprint density at radius 1 is 0.688 bits per heavy atom. The molecule has 3 aromatic rings. The van der Waals surface area contributed by atoms with Crippen LogP contribution in [0, 0.1) is 0 Å². The van der Waals surface area contributed by atoms with Crippen LogP contribution in [0.1, 0.15) is 0 Å². The maximum atomic E-state index is 5.97. The number of fused-ring (bicyclic) bond motifs is 2. The molecule has 0 N–H and O–H groups in total. The molecule has 0 radical (unpaired) electrons. The van der Waals surface area contributed by atoms with E-state index in [1.807, 2.05) is 6.07 Å². The summed E-state index contributed by atoms with van der Waals surface area (Å²) in [4.78, 5) is 16.1. The molecule has 0 spiro atoms.